The summed E-state index contributed by atoms with van der Waals surface area (Å²) >= 11 is 13.8. The molecule has 5 nitrogen and oxygen atoms in total. The smallest absolute Gasteiger partial charge is 0.182 e. The van der Waals surface area contributed by atoms with Gasteiger partial charge in [-0.3, -0.25) is 0 Å². The molecule has 102 valence electrons. The molecule has 0 radical (unpaired) electrons. The molecular formula is C11H10Cl2N2O3S. The fourth-order valence-electron chi connectivity index (χ4n) is 1.68. The summed E-state index contributed by atoms with van der Waals surface area (Å²) in [5.41, 5.74) is 5.56. The largest absolute Gasteiger partial charge is 0.491 e. The quantitative estimate of drug-likeness (QED) is 0.393. The number of hydrogen-bond donors (Lipinski definition) is 2. The Morgan fingerprint density at radius 2 is 1.84 bits per heavy atom. The van der Waals surface area contributed by atoms with Crippen molar-refractivity contribution >= 4 is 50.5 Å². The van der Waals surface area contributed by atoms with E-state index in [1.54, 1.807) is 6.07 Å². The third-order valence-corrected chi connectivity index (χ3v) is 4.56. The highest BCUT2D eigenvalue weighted by atomic mass is 35.5. The van der Waals surface area contributed by atoms with Crippen molar-refractivity contribution in [2.75, 3.05) is 14.2 Å². The Bertz CT molecular complexity index is 623. The van der Waals surface area contributed by atoms with Crippen LogP contribution in [-0.2, 0) is 0 Å². The molecule has 0 bridgehead atoms. The van der Waals surface area contributed by atoms with Gasteiger partial charge in [-0.2, -0.15) is 0 Å². The SMILES string of the molecule is COc1c(OC)c(Cl)c2sc(/C(N)=N\O)cc2c1Cl. The topological polar surface area (TPSA) is 77.1 Å². The zero-order valence-electron chi connectivity index (χ0n) is 10.0. The highest BCUT2D eigenvalue weighted by Crippen LogP contribution is 2.49. The molecule has 3 N–H and O–H groups in total. The predicted molar refractivity (Wildman–Crippen MR) is 77.5 cm³/mol. The fourth-order valence-corrected chi connectivity index (χ4v) is 3.43. The second-order valence-electron chi connectivity index (χ2n) is 3.53. The van der Waals surface area contributed by atoms with Crippen LogP contribution in [0.4, 0.5) is 0 Å². The van der Waals surface area contributed by atoms with Gasteiger partial charge in [0.25, 0.3) is 0 Å². The summed E-state index contributed by atoms with van der Waals surface area (Å²) in [6.07, 6.45) is 0. The van der Waals surface area contributed by atoms with E-state index in [1.807, 2.05) is 0 Å². The first-order valence-corrected chi connectivity index (χ1v) is 6.62. The van der Waals surface area contributed by atoms with E-state index in [0.29, 0.717) is 36.5 Å². The predicted octanol–water partition coefficient (Wildman–Crippen LogP) is 3.32. The average molecular weight is 321 g/mol. The maximum absolute atomic E-state index is 8.71. The number of rotatable bonds is 3. The number of thiophene rings is 1. The van der Waals surface area contributed by atoms with Crippen molar-refractivity contribution in [3.05, 3.63) is 21.0 Å². The molecule has 0 unspecified atom stereocenters. The Morgan fingerprint density at radius 1 is 1.26 bits per heavy atom. The van der Waals surface area contributed by atoms with Gasteiger partial charge < -0.3 is 20.4 Å². The van der Waals surface area contributed by atoms with Crippen LogP contribution in [0.5, 0.6) is 11.5 Å². The van der Waals surface area contributed by atoms with Crippen LogP contribution in [0.25, 0.3) is 10.1 Å². The summed E-state index contributed by atoms with van der Waals surface area (Å²) in [6.45, 7) is 0. The van der Waals surface area contributed by atoms with Crippen LogP contribution in [0.15, 0.2) is 11.2 Å². The minimum atomic E-state index is -0.00809. The molecule has 2 rings (SSSR count). The van der Waals surface area contributed by atoms with Crippen LogP contribution in [0, 0.1) is 0 Å². The van der Waals surface area contributed by atoms with Gasteiger partial charge in [-0.1, -0.05) is 28.4 Å². The molecule has 19 heavy (non-hydrogen) atoms. The zero-order valence-corrected chi connectivity index (χ0v) is 12.4. The summed E-state index contributed by atoms with van der Waals surface area (Å²) in [5, 5.41) is 13.1. The van der Waals surface area contributed by atoms with Crippen LogP contribution in [-0.4, -0.2) is 25.3 Å². The molecule has 2 aromatic rings. The van der Waals surface area contributed by atoms with Crippen LogP contribution in [0.2, 0.25) is 10.0 Å². The summed E-state index contributed by atoms with van der Waals surface area (Å²) in [6, 6.07) is 1.69. The first-order valence-electron chi connectivity index (χ1n) is 5.05. The maximum atomic E-state index is 8.71. The van der Waals surface area contributed by atoms with Crippen LogP contribution in [0.3, 0.4) is 0 Å². The van der Waals surface area contributed by atoms with E-state index in [4.69, 9.17) is 43.6 Å². The second kappa shape index (κ2) is 5.32. The molecule has 0 saturated heterocycles. The molecule has 0 aliphatic heterocycles. The van der Waals surface area contributed by atoms with Crippen molar-refractivity contribution in [3.63, 3.8) is 0 Å². The summed E-state index contributed by atoms with van der Waals surface area (Å²) < 4.78 is 11.1. The van der Waals surface area contributed by atoms with Crippen molar-refractivity contribution < 1.29 is 14.7 Å². The van der Waals surface area contributed by atoms with Gasteiger partial charge >= 0.3 is 0 Å². The van der Waals surface area contributed by atoms with E-state index >= 15 is 0 Å². The third kappa shape index (κ3) is 2.16. The Morgan fingerprint density at radius 3 is 2.37 bits per heavy atom. The van der Waals surface area contributed by atoms with Gasteiger partial charge in [0, 0.05) is 5.39 Å². The third-order valence-electron chi connectivity index (χ3n) is 2.54. The van der Waals surface area contributed by atoms with E-state index < -0.39 is 0 Å². The highest BCUT2D eigenvalue weighted by Gasteiger charge is 2.22. The maximum Gasteiger partial charge on any atom is 0.182 e. The molecule has 0 saturated carbocycles. The number of methoxy groups -OCH3 is 2. The molecule has 0 atom stereocenters. The lowest BCUT2D eigenvalue weighted by Gasteiger charge is -2.11. The number of benzene rings is 1. The van der Waals surface area contributed by atoms with Gasteiger partial charge in [0.1, 0.15) is 5.02 Å². The molecule has 0 aliphatic carbocycles. The standard InChI is InChI=1S/C11H10Cl2N2O3S/c1-17-8-6(12)4-3-5(11(14)15-16)19-10(4)7(13)9(8)18-2/h3,16H,1-2H3,(H2,14,15). The number of nitrogens with zero attached hydrogens (tertiary/aromatic N) is 1. The molecule has 8 heteroatoms. The average Bonchev–Trinajstić information content (AvgIpc) is 2.87. The molecular weight excluding hydrogens is 311 g/mol. The monoisotopic (exact) mass is 320 g/mol. The Balaban J connectivity index is 2.85. The normalized spacial score (nSPS) is 11.9. The molecule has 0 aliphatic rings. The minimum Gasteiger partial charge on any atom is -0.491 e. The van der Waals surface area contributed by atoms with Crippen LogP contribution >= 0.6 is 34.5 Å². The fraction of sp³-hybridized carbons (Fsp3) is 0.182. The second-order valence-corrected chi connectivity index (χ2v) is 5.34. The van der Waals surface area contributed by atoms with E-state index in [0.717, 1.165) is 0 Å². The van der Waals surface area contributed by atoms with Crippen molar-refractivity contribution in [1.82, 2.24) is 0 Å². The minimum absolute atomic E-state index is 0.00809. The van der Waals surface area contributed by atoms with Gasteiger partial charge in [-0.25, -0.2) is 0 Å². The number of amidine groups is 1. The lowest BCUT2D eigenvalue weighted by Crippen LogP contribution is -2.10. The van der Waals surface area contributed by atoms with Gasteiger partial charge in [-0.05, 0) is 6.07 Å². The van der Waals surface area contributed by atoms with Gasteiger partial charge in [0.05, 0.1) is 28.8 Å². The van der Waals surface area contributed by atoms with Crippen LogP contribution in [0.1, 0.15) is 4.88 Å². The Hall–Kier alpha value is -1.37. The number of halogens is 2. The zero-order chi connectivity index (χ0) is 14.2. The summed E-state index contributed by atoms with van der Waals surface area (Å²) in [7, 11) is 2.95. The lowest BCUT2D eigenvalue weighted by molar-refractivity contribution is 0.319. The molecule has 1 aromatic heterocycles. The molecule has 1 heterocycles. The van der Waals surface area contributed by atoms with Crippen LogP contribution < -0.4 is 15.2 Å². The van der Waals surface area contributed by atoms with Gasteiger partial charge in [0.15, 0.2) is 17.3 Å². The van der Waals surface area contributed by atoms with E-state index in [2.05, 4.69) is 5.16 Å². The number of hydrogen-bond acceptors (Lipinski definition) is 5. The Kier molecular flexibility index (Phi) is 3.93. The summed E-state index contributed by atoms with van der Waals surface area (Å²) in [4.78, 5) is 0.552. The molecule has 1 aromatic carbocycles. The van der Waals surface area contributed by atoms with Crippen molar-refractivity contribution in [2.24, 2.45) is 10.9 Å². The van der Waals surface area contributed by atoms with E-state index in [9.17, 15) is 0 Å². The van der Waals surface area contributed by atoms with Crippen molar-refractivity contribution in [2.45, 2.75) is 0 Å². The number of oxime groups is 1. The molecule has 0 amide bonds. The Labute approximate surface area is 123 Å². The lowest BCUT2D eigenvalue weighted by atomic mass is 10.2. The highest BCUT2D eigenvalue weighted by molar-refractivity contribution is 7.21. The molecule has 0 spiro atoms. The van der Waals surface area contributed by atoms with E-state index in [-0.39, 0.29) is 5.84 Å². The first kappa shape index (κ1) is 14.0. The molecule has 0 fully saturated rings. The van der Waals surface area contributed by atoms with E-state index in [1.165, 1.54) is 25.6 Å². The van der Waals surface area contributed by atoms with Crippen molar-refractivity contribution in [1.29, 1.82) is 0 Å². The first-order chi connectivity index (χ1) is 9.04. The number of nitrogens with two attached hydrogens (primary N) is 1. The number of fused-ring (bicyclic) bond motifs is 1. The van der Waals surface area contributed by atoms with Crippen molar-refractivity contribution in [3.8, 4) is 11.5 Å². The summed E-state index contributed by atoms with van der Waals surface area (Å²) in [5.74, 6) is 0.700. The van der Waals surface area contributed by atoms with Gasteiger partial charge in [0.2, 0.25) is 0 Å². The van der Waals surface area contributed by atoms with Gasteiger partial charge in [-0.15, -0.1) is 11.3 Å². The number of ether oxygens (including phenoxy) is 2.